The lowest BCUT2D eigenvalue weighted by Gasteiger charge is -2.52. The molecule has 73 heavy (non-hydrogen) atoms. The Morgan fingerprint density at radius 1 is 0.959 bits per heavy atom. The van der Waals surface area contributed by atoms with Crippen molar-refractivity contribution in [2.45, 2.75) is 198 Å². The number of alkyl halides is 1. The van der Waals surface area contributed by atoms with Crippen molar-refractivity contribution in [1.29, 1.82) is 5.41 Å². The first-order chi connectivity index (χ1) is 34.5. The monoisotopic (exact) mass is 1030 g/mol. The van der Waals surface area contributed by atoms with Crippen LogP contribution in [-0.2, 0) is 38.0 Å². The summed E-state index contributed by atoms with van der Waals surface area (Å²) >= 11 is 0. The summed E-state index contributed by atoms with van der Waals surface area (Å²) in [5, 5.41) is 63.0. The number of hydrogen-bond donors (Lipinski definition) is 4. The quantitative estimate of drug-likeness (QED) is 0.135. The smallest absolute Gasteiger partial charge is 0.309 e. The molecule has 0 amide bonds. The van der Waals surface area contributed by atoms with Crippen LogP contribution in [0.5, 0.6) is 0 Å². The molecule has 4 N–H and O–H groups in total. The van der Waals surface area contributed by atoms with Gasteiger partial charge in [0.15, 0.2) is 6.29 Å². The lowest BCUT2D eigenvalue weighted by molar-refractivity contribution is -0.278. The zero-order valence-electron chi connectivity index (χ0n) is 45.8. The van der Waals surface area contributed by atoms with Gasteiger partial charge in [0.25, 0.3) is 0 Å². The van der Waals surface area contributed by atoms with E-state index in [1.165, 1.54) is 6.92 Å². The van der Waals surface area contributed by atoms with Gasteiger partial charge in [0.1, 0.15) is 36.6 Å². The highest BCUT2D eigenvalue weighted by atomic mass is 19.1. The Labute approximate surface area is 432 Å². The largest absolute Gasteiger partial charge is 0.459 e. The highest BCUT2D eigenvalue weighted by Crippen LogP contribution is 2.46. The van der Waals surface area contributed by atoms with Crippen LogP contribution in [0.2, 0.25) is 0 Å². The van der Waals surface area contributed by atoms with E-state index in [2.05, 4.69) is 32.6 Å². The summed E-state index contributed by atoms with van der Waals surface area (Å²) in [4.78, 5) is 16.9. The van der Waals surface area contributed by atoms with Crippen molar-refractivity contribution in [3.8, 4) is 5.69 Å². The Morgan fingerprint density at radius 3 is 2.25 bits per heavy atom. The number of aromatic nitrogens is 3. The number of aliphatic hydroxyl groups is 3. The summed E-state index contributed by atoms with van der Waals surface area (Å²) in [6.07, 6.45) is -1.01. The Bertz CT molecular complexity index is 2110. The topological polar surface area (TPSA) is 228 Å². The van der Waals surface area contributed by atoms with Gasteiger partial charge in [-0.05, 0) is 96.9 Å². The summed E-state index contributed by atoms with van der Waals surface area (Å²) in [6.45, 7) is 18.7. The van der Waals surface area contributed by atoms with Crippen molar-refractivity contribution in [2.24, 2.45) is 39.9 Å². The molecule has 6 rings (SSSR count). The van der Waals surface area contributed by atoms with Crippen LogP contribution in [0, 0.1) is 35.0 Å². The third-order valence-corrected chi connectivity index (χ3v) is 17.1. The summed E-state index contributed by atoms with van der Waals surface area (Å²) < 4.78 is 61.8. The number of hydrogen-bond acceptors (Lipinski definition) is 18. The molecule has 3 saturated heterocycles. The van der Waals surface area contributed by atoms with E-state index in [1.54, 1.807) is 71.1 Å². The molecule has 1 aromatic heterocycles. The van der Waals surface area contributed by atoms with E-state index in [0.717, 1.165) is 17.7 Å². The van der Waals surface area contributed by atoms with Crippen LogP contribution in [0.25, 0.3) is 5.69 Å². The number of esters is 1. The molecule has 412 valence electrons. The highest BCUT2D eigenvalue weighted by molar-refractivity contribution is 5.86. The molecule has 2 unspecified atom stereocenters. The first kappa shape index (κ1) is 58.7. The maximum Gasteiger partial charge on any atom is 0.309 e. The zero-order chi connectivity index (χ0) is 53.7. The molecule has 0 aliphatic carbocycles. The summed E-state index contributed by atoms with van der Waals surface area (Å²) in [6, 6.07) is 6.77. The SMILES string of the molecule is CC[C@H]1OC(=O)[C@H](C)[C@@H](C2C[C@@](C)(OC)[C@@H](O)[C@H](C)O2)[C@H](C)[C@@H](O[C@H]2C[C@@H](N(C)CCC3CN([C@H](CF)[C@H](OC)c4ccc(-n5ccnn5)cc4)N=N3)C[C@@H](C)O2)[C@](C)(OC)C[C@@H](C)C(=N)[C@H](C)[C@@H](O)[C@]1(C)O. The van der Waals surface area contributed by atoms with Gasteiger partial charge in [0.2, 0.25) is 0 Å². The summed E-state index contributed by atoms with van der Waals surface area (Å²) in [5.41, 5.74) is -2.16. The maximum absolute atomic E-state index is 14.9. The third-order valence-electron chi connectivity index (χ3n) is 17.1. The lowest BCUT2D eigenvalue weighted by atomic mass is 9.67. The van der Waals surface area contributed by atoms with Gasteiger partial charge < -0.3 is 58.8 Å². The molecule has 4 aliphatic rings. The molecule has 3 fully saturated rings. The fraction of sp³-hybridized carbons (Fsp3) is 0.811. The van der Waals surface area contributed by atoms with Gasteiger partial charge in [-0.25, -0.2) is 9.07 Å². The number of nitrogens with one attached hydrogen (secondary N) is 1. The van der Waals surface area contributed by atoms with E-state index in [4.69, 9.17) is 33.2 Å². The number of nitrogens with zero attached hydrogens (tertiary/aromatic N) is 7. The van der Waals surface area contributed by atoms with E-state index >= 15 is 0 Å². The third kappa shape index (κ3) is 12.8. The lowest BCUT2D eigenvalue weighted by Crippen LogP contribution is -2.61. The average Bonchev–Trinajstić information content (AvgIpc) is 4.10. The number of rotatable bonds is 16. The van der Waals surface area contributed by atoms with Crippen molar-refractivity contribution in [3.63, 3.8) is 0 Å². The molecule has 0 saturated carbocycles. The maximum atomic E-state index is 14.9. The summed E-state index contributed by atoms with van der Waals surface area (Å²) in [7, 11) is 6.83. The van der Waals surface area contributed by atoms with E-state index in [9.17, 15) is 29.9 Å². The minimum atomic E-state index is -1.88. The average molecular weight is 1030 g/mol. The Balaban J connectivity index is 1.23. The molecule has 0 radical (unpaired) electrons. The van der Waals surface area contributed by atoms with Crippen LogP contribution in [0.15, 0.2) is 47.0 Å². The van der Waals surface area contributed by atoms with E-state index in [-0.39, 0.29) is 36.7 Å². The van der Waals surface area contributed by atoms with Crippen molar-refractivity contribution >= 4 is 11.7 Å². The minimum absolute atomic E-state index is 0.0344. The number of aliphatic hydroxyl groups excluding tert-OH is 2. The second kappa shape index (κ2) is 24.6. The van der Waals surface area contributed by atoms with Gasteiger partial charge in [0, 0.05) is 64.3 Å². The van der Waals surface area contributed by atoms with Gasteiger partial charge in [-0.2, -0.15) is 5.11 Å². The van der Waals surface area contributed by atoms with Crippen LogP contribution >= 0.6 is 0 Å². The molecule has 19 nitrogen and oxygen atoms in total. The molecular formula is C53H87FN8O11. The van der Waals surface area contributed by atoms with Crippen molar-refractivity contribution < 1.29 is 57.7 Å². The predicted octanol–water partition coefficient (Wildman–Crippen LogP) is 6.31. The van der Waals surface area contributed by atoms with E-state index < -0.39 is 114 Å². The molecule has 0 bridgehead atoms. The molecule has 1 aromatic carbocycles. The Morgan fingerprint density at radius 2 is 1.64 bits per heavy atom. The van der Waals surface area contributed by atoms with Crippen LogP contribution in [0.1, 0.15) is 119 Å². The molecule has 0 spiro atoms. The van der Waals surface area contributed by atoms with Crippen molar-refractivity contribution in [2.75, 3.05) is 48.1 Å². The molecule has 5 heterocycles. The van der Waals surface area contributed by atoms with Gasteiger partial charge in [-0.15, -0.1) is 5.10 Å². The number of halogens is 1. The van der Waals surface area contributed by atoms with Gasteiger partial charge in [-0.1, -0.05) is 57.2 Å². The van der Waals surface area contributed by atoms with Crippen LogP contribution < -0.4 is 0 Å². The number of ether oxygens (including phenoxy) is 7. The minimum Gasteiger partial charge on any atom is -0.459 e. The van der Waals surface area contributed by atoms with E-state index in [1.807, 2.05) is 58.9 Å². The molecular weight excluding hydrogens is 944 g/mol. The summed E-state index contributed by atoms with van der Waals surface area (Å²) in [5.74, 6) is -3.81. The number of methoxy groups -OCH3 is 3. The normalized spacial score (nSPS) is 40.1. The fourth-order valence-corrected chi connectivity index (χ4v) is 12.3. The molecule has 2 aromatic rings. The second-order valence-electron chi connectivity index (χ2n) is 22.3. The van der Waals surface area contributed by atoms with Crippen LogP contribution in [-0.4, -0.2) is 184 Å². The molecule has 4 aliphatic heterocycles. The molecule has 20 heteroatoms. The number of benzene rings is 1. The standard InChI is InChI=1S/C53H87FN8O11/c1-15-42-53(10,66)47(63)34(6)45(55)30(2)26-52(9,69-14)49(32(4)44(33(5)50(65)72-42)41-27-51(8,68-13)48(64)35(7)71-41)73-43-25-39(24-31(3)70-43)60(11)22-20-37-29-62(59-57-37)40(28-54)46(67-12)36-16-18-38(19-17-36)61-23-21-56-58-61/h16-19,21,23,30-35,37,39-44,46-49,55,63-64,66H,15,20,22,24-29H2,1-14H3/t30-,31-,32+,33-,34+,35+,37?,39+,40-,41?,42-,43+,44+,46-,47-,48+,49-,51-,52-,53-/m1/s1. The van der Waals surface area contributed by atoms with Crippen LogP contribution in [0.4, 0.5) is 4.39 Å². The second-order valence-corrected chi connectivity index (χ2v) is 22.3. The van der Waals surface area contributed by atoms with Crippen LogP contribution in [0.3, 0.4) is 0 Å². The van der Waals surface area contributed by atoms with E-state index in [0.29, 0.717) is 32.4 Å². The Kier molecular flexibility index (Phi) is 19.8. The first-order valence-electron chi connectivity index (χ1n) is 26.3. The predicted molar refractivity (Wildman–Crippen MR) is 271 cm³/mol. The first-order valence-corrected chi connectivity index (χ1v) is 26.3. The van der Waals surface area contributed by atoms with Gasteiger partial charge in [-0.3, -0.25) is 9.80 Å². The zero-order valence-corrected chi connectivity index (χ0v) is 45.8. The van der Waals surface area contributed by atoms with Crippen molar-refractivity contribution in [3.05, 3.63) is 42.2 Å². The highest BCUT2D eigenvalue weighted by Gasteiger charge is 2.55. The van der Waals surface area contributed by atoms with Gasteiger partial charge >= 0.3 is 5.97 Å². The fourth-order valence-electron chi connectivity index (χ4n) is 12.3. The Hall–Kier alpha value is -3.57. The van der Waals surface area contributed by atoms with Gasteiger partial charge in [0.05, 0.1) is 78.3 Å². The number of carbonyl (C=O) groups excluding carboxylic acids is 1. The van der Waals surface area contributed by atoms with Crippen molar-refractivity contribution in [1.82, 2.24) is 24.9 Å². The molecule has 20 atom stereocenters. The number of carbonyl (C=O) groups is 1. The number of cyclic esters (lactones) is 1.